The fourth-order valence-corrected chi connectivity index (χ4v) is 2.82. The van der Waals surface area contributed by atoms with Crippen molar-refractivity contribution in [1.29, 1.82) is 0 Å². The number of oxime groups is 1. The normalized spacial score (nSPS) is 37.7. The van der Waals surface area contributed by atoms with Gasteiger partial charge in [-0.05, 0) is 30.1 Å². The highest BCUT2D eigenvalue weighted by molar-refractivity contribution is 6.02. The van der Waals surface area contributed by atoms with Crippen molar-refractivity contribution in [2.24, 2.45) is 22.4 Å². The molecular weight excluding hydrogens is 196 g/mol. The molecule has 3 fully saturated rings. The average Bonchev–Trinajstić information content (AvgIpc) is 2.16. The minimum absolute atomic E-state index is 0.107. The van der Waals surface area contributed by atoms with Gasteiger partial charge in [-0.25, -0.2) is 0 Å². The second-order valence-electron chi connectivity index (χ2n) is 4.93. The maximum atomic E-state index is 10.5. The van der Waals surface area contributed by atoms with Crippen LogP contribution in [0.2, 0.25) is 0 Å². The van der Waals surface area contributed by atoms with Crippen LogP contribution in [0.1, 0.15) is 26.7 Å². The van der Waals surface area contributed by atoms with Gasteiger partial charge < -0.3 is 5.21 Å². The quantitative estimate of drug-likeness (QED) is 0.408. The number of rotatable bonds is 1. The van der Waals surface area contributed by atoms with E-state index in [1.807, 2.05) is 0 Å². The molecule has 1 N–H and O–H groups in total. The van der Waals surface area contributed by atoms with E-state index >= 15 is 0 Å². The van der Waals surface area contributed by atoms with Crippen LogP contribution >= 0.6 is 0 Å². The first-order chi connectivity index (χ1) is 6.96. The van der Waals surface area contributed by atoms with Crippen molar-refractivity contribution in [2.75, 3.05) is 0 Å². The van der Waals surface area contributed by atoms with Crippen LogP contribution in [0.25, 0.3) is 0 Å². The van der Waals surface area contributed by atoms with Gasteiger partial charge in [0.05, 0.1) is 16.2 Å². The van der Waals surface area contributed by atoms with Crippen LogP contribution in [-0.4, -0.2) is 15.8 Å². The van der Waals surface area contributed by atoms with Gasteiger partial charge in [0.25, 0.3) is 0 Å². The van der Waals surface area contributed by atoms with E-state index in [9.17, 15) is 10.1 Å². The summed E-state index contributed by atoms with van der Waals surface area (Å²) in [6.45, 7) is 4.24. The van der Waals surface area contributed by atoms with E-state index in [0.717, 1.165) is 12.6 Å². The van der Waals surface area contributed by atoms with E-state index in [0.29, 0.717) is 23.6 Å². The molecule has 0 aliphatic heterocycles. The summed E-state index contributed by atoms with van der Waals surface area (Å²) in [4.78, 5) is 10.0. The Balaban J connectivity index is 2.36. The van der Waals surface area contributed by atoms with Crippen LogP contribution in [0.3, 0.4) is 0 Å². The number of hydrogen-bond donors (Lipinski definition) is 1. The molecule has 0 spiro atoms. The summed E-state index contributed by atoms with van der Waals surface area (Å²) < 4.78 is 0. The largest absolute Gasteiger partial charge is 0.411 e. The van der Waals surface area contributed by atoms with Crippen LogP contribution in [0.5, 0.6) is 0 Å². The molecule has 0 aromatic rings. The topological polar surface area (TPSA) is 75.7 Å². The molecule has 15 heavy (non-hydrogen) atoms. The third kappa shape index (κ3) is 1.33. The Labute approximate surface area is 87.6 Å². The van der Waals surface area contributed by atoms with Gasteiger partial charge in [-0.2, -0.15) is 0 Å². The predicted molar refractivity (Wildman–Crippen MR) is 54.3 cm³/mol. The number of allylic oxidation sites excluding steroid dienone is 1. The zero-order chi connectivity index (χ0) is 11.2. The van der Waals surface area contributed by atoms with Gasteiger partial charge in [-0.1, -0.05) is 19.0 Å². The fourth-order valence-electron chi connectivity index (χ4n) is 2.82. The predicted octanol–water partition coefficient (Wildman–Crippen LogP) is 2.04. The molecule has 0 amide bonds. The minimum atomic E-state index is -0.463. The Kier molecular flexibility index (Phi) is 2.06. The molecule has 0 heterocycles. The number of nitro groups is 1. The lowest BCUT2D eigenvalue weighted by atomic mass is 9.47. The molecule has 0 unspecified atom stereocenters. The SMILES string of the molecule is CC1(C)[C@@H]2CC(=N\O)/C(=C/[N+](=O)[O-])[C@H]1C2. The summed E-state index contributed by atoms with van der Waals surface area (Å²) in [6, 6.07) is 0. The first kappa shape index (κ1) is 10.1. The van der Waals surface area contributed by atoms with E-state index in [1.54, 1.807) is 0 Å². The molecule has 0 saturated heterocycles. The van der Waals surface area contributed by atoms with Gasteiger partial charge in [-0.15, -0.1) is 0 Å². The highest BCUT2D eigenvalue weighted by Crippen LogP contribution is 2.60. The lowest BCUT2D eigenvalue weighted by molar-refractivity contribution is -0.404. The standard InChI is InChI=1S/C10H14N2O3/c1-10(2)6-3-8(10)7(5-12(14)15)9(4-6)11-13/h5-6,8,13H,3-4H2,1-2H3/b7-5+,11-9+/t6-,8+/m0/s1. The number of hydrogen-bond acceptors (Lipinski definition) is 4. The van der Waals surface area contributed by atoms with E-state index < -0.39 is 4.92 Å². The highest BCUT2D eigenvalue weighted by Gasteiger charge is 2.55. The minimum Gasteiger partial charge on any atom is -0.411 e. The molecule has 82 valence electrons. The first-order valence-electron chi connectivity index (χ1n) is 5.03. The summed E-state index contributed by atoms with van der Waals surface area (Å²) in [7, 11) is 0. The molecule has 3 aliphatic carbocycles. The number of fused-ring (bicyclic) bond motifs is 2. The molecule has 2 atom stereocenters. The zero-order valence-corrected chi connectivity index (χ0v) is 8.80. The Morgan fingerprint density at radius 1 is 1.67 bits per heavy atom. The smallest absolute Gasteiger partial charge is 0.239 e. The van der Waals surface area contributed by atoms with E-state index in [4.69, 9.17) is 5.21 Å². The third-order valence-electron chi connectivity index (χ3n) is 3.98. The number of nitrogens with zero attached hydrogens (tertiary/aromatic N) is 2. The van der Waals surface area contributed by atoms with Crippen molar-refractivity contribution in [3.8, 4) is 0 Å². The second kappa shape index (κ2) is 3.05. The third-order valence-corrected chi connectivity index (χ3v) is 3.98. The van der Waals surface area contributed by atoms with Crippen molar-refractivity contribution in [2.45, 2.75) is 26.7 Å². The molecule has 3 rings (SSSR count). The van der Waals surface area contributed by atoms with Crippen molar-refractivity contribution in [3.05, 3.63) is 21.9 Å². The molecule has 3 saturated carbocycles. The maximum Gasteiger partial charge on any atom is 0.239 e. The molecule has 0 radical (unpaired) electrons. The van der Waals surface area contributed by atoms with E-state index in [-0.39, 0.29) is 11.3 Å². The summed E-state index contributed by atoms with van der Waals surface area (Å²) in [6.07, 6.45) is 2.63. The lowest BCUT2D eigenvalue weighted by Crippen LogP contribution is -2.52. The van der Waals surface area contributed by atoms with Crippen LogP contribution in [-0.2, 0) is 0 Å². The van der Waals surface area contributed by atoms with Crippen LogP contribution in [0.15, 0.2) is 16.9 Å². The van der Waals surface area contributed by atoms with Crippen molar-refractivity contribution >= 4 is 5.71 Å². The monoisotopic (exact) mass is 210 g/mol. The fraction of sp³-hybridized carbons (Fsp3) is 0.700. The van der Waals surface area contributed by atoms with Gasteiger partial charge in [-0.3, -0.25) is 10.1 Å². The molecule has 3 aliphatic rings. The summed E-state index contributed by atoms with van der Waals surface area (Å²) in [5.41, 5.74) is 1.21. The Morgan fingerprint density at radius 2 is 2.33 bits per heavy atom. The van der Waals surface area contributed by atoms with E-state index in [2.05, 4.69) is 19.0 Å². The lowest BCUT2D eigenvalue weighted by Gasteiger charge is -2.56. The van der Waals surface area contributed by atoms with Gasteiger partial charge in [0.15, 0.2) is 0 Å². The van der Waals surface area contributed by atoms with Crippen molar-refractivity contribution in [3.63, 3.8) is 0 Å². The second-order valence-corrected chi connectivity index (χ2v) is 4.93. The maximum absolute atomic E-state index is 10.5. The van der Waals surface area contributed by atoms with Crippen LogP contribution in [0.4, 0.5) is 0 Å². The molecule has 2 bridgehead atoms. The first-order valence-corrected chi connectivity index (χ1v) is 5.03. The summed E-state index contributed by atoms with van der Waals surface area (Å²) >= 11 is 0. The Bertz CT molecular complexity index is 371. The molecule has 0 aromatic carbocycles. The molecule has 5 heteroatoms. The molecular formula is C10H14N2O3. The van der Waals surface area contributed by atoms with Gasteiger partial charge in [0, 0.05) is 0 Å². The van der Waals surface area contributed by atoms with E-state index in [1.165, 1.54) is 0 Å². The summed E-state index contributed by atoms with van der Waals surface area (Å²) in [5, 5.41) is 22.5. The highest BCUT2D eigenvalue weighted by atomic mass is 16.6. The van der Waals surface area contributed by atoms with Crippen LogP contribution < -0.4 is 0 Å². The van der Waals surface area contributed by atoms with Crippen molar-refractivity contribution in [1.82, 2.24) is 0 Å². The van der Waals surface area contributed by atoms with Gasteiger partial charge >= 0.3 is 0 Å². The van der Waals surface area contributed by atoms with Crippen LogP contribution in [0, 0.1) is 27.4 Å². The summed E-state index contributed by atoms with van der Waals surface area (Å²) in [5.74, 6) is 0.671. The Hall–Kier alpha value is -1.39. The van der Waals surface area contributed by atoms with Gasteiger partial charge in [0.1, 0.15) is 0 Å². The molecule has 5 nitrogen and oxygen atoms in total. The van der Waals surface area contributed by atoms with Crippen molar-refractivity contribution < 1.29 is 10.1 Å². The zero-order valence-electron chi connectivity index (χ0n) is 8.80. The average molecular weight is 210 g/mol. The Morgan fingerprint density at radius 3 is 2.80 bits per heavy atom. The van der Waals surface area contributed by atoms with Gasteiger partial charge in [0.2, 0.25) is 6.20 Å². The molecule has 0 aromatic heterocycles.